The van der Waals surface area contributed by atoms with E-state index in [0.29, 0.717) is 19.0 Å². The first-order chi connectivity index (χ1) is 9.61. The van der Waals surface area contributed by atoms with Crippen LogP contribution in [0.3, 0.4) is 0 Å². The number of phenols is 1. The molecule has 20 heavy (non-hydrogen) atoms. The van der Waals surface area contributed by atoms with Crippen LogP contribution >= 0.6 is 0 Å². The van der Waals surface area contributed by atoms with Gasteiger partial charge in [0.15, 0.2) is 11.6 Å². The lowest BCUT2D eigenvalue weighted by atomic mass is 9.93. The van der Waals surface area contributed by atoms with Crippen LogP contribution in [0.25, 0.3) is 0 Å². The van der Waals surface area contributed by atoms with Gasteiger partial charge in [0.05, 0.1) is 0 Å². The van der Waals surface area contributed by atoms with Crippen LogP contribution in [0.4, 0.5) is 4.39 Å². The van der Waals surface area contributed by atoms with Crippen molar-refractivity contribution in [2.24, 2.45) is 5.92 Å². The third-order valence-corrected chi connectivity index (χ3v) is 3.83. The molecule has 1 amide bonds. The second-order valence-electron chi connectivity index (χ2n) is 5.18. The molecule has 1 fully saturated rings. The summed E-state index contributed by atoms with van der Waals surface area (Å²) in [7, 11) is 1.69. The fraction of sp³-hybridized carbons (Fsp3) is 0.533. The van der Waals surface area contributed by atoms with Crippen molar-refractivity contribution in [1.29, 1.82) is 0 Å². The number of ether oxygens (including phenoxy) is 1. The van der Waals surface area contributed by atoms with Gasteiger partial charge in [0.25, 0.3) is 5.91 Å². The average molecular weight is 281 g/mol. The van der Waals surface area contributed by atoms with Gasteiger partial charge in [-0.1, -0.05) is 0 Å². The molecule has 1 aliphatic rings. The summed E-state index contributed by atoms with van der Waals surface area (Å²) in [6.45, 7) is 2.13. The molecule has 0 spiro atoms. The summed E-state index contributed by atoms with van der Waals surface area (Å²) in [6.07, 6.45) is 2.93. The van der Waals surface area contributed by atoms with Crippen LogP contribution in [0, 0.1) is 11.7 Å². The maximum Gasteiger partial charge on any atom is 0.253 e. The van der Waals surface area contributed by atoms with Gasteiger partial charge in [-0.3, -0.25) is 4.79 Å². The normalized spacial score (nSPS) is 16.4. The molecule has 1 aliphatic heterocycles. The molecular formula is C15H20FNO3. The molecule has 0 saturated carbocycles. The number of halogens is 1. The van der Waals surface area contributed by atoms with Crippen molar-refractivity contribution in [1.82, 2.24) is 4.90 Å². The molecule has 0 radical (unpaired) electrons. The van der Waals surface area contributed by atoms with Gasteiger partial charge in [-0.15, -0.1) is 0 Å². The van der Waals surface area contributed by atoms with Crippen LogP contribution in [0.15, 0.2) is 18.2 Å². The van der Waals surface area contributed by atoms with Crippen LogP contribution < -0.4 is 0 Å². The van der Waals surface area contributed by atoms with Gasteiger partial charge in [0, 0.05) is 32.4 Å². The van der Waals surface area contributed by atoms with Crippen molar-refractivity contribution in [2.75, 3.05) is 26.8 Å². The Labute approximate surface area is 118 Å². The van der Waals surface area contributed by atoms with Gasteiger partial charge >= 0.3 is 0 Å². The predicted molar refractivity (Wildman–Crippen MR) is 73.2 cm³/mol. The highest BCUT2D eigenvalue weighted by molar-refractivity contribution is 5.94. The van der Waals surface area contributed by atoms with E-state index in [1.807, 2.05) is 0 Å². The number of hydrogen-bond donors (Lipinski definition) is 1. The summed E-state index contributed by atoms with van der Waals surface area (Å²) in [5, 5.41) is 9.14. The highest BCUT2D eigenvalue weighted by atomic mass is 19.1. The highest BCUT2D eigenvalue weighted by Gasteiger charge is 2.23. The molecule has 110 valence electrons. The van der Waals surface area contributed by atoms with E-state index in [2.05, 4.69) is 0 Å². The third kappa shape index (κ3) is 3.48. The van der Waals surface area contributed by atoms with Crippen molar-refractivity contribution in [2.45, 2.75) is 19.3 Å². The number of phenolic OH excluding ortho intramolecular Hbond substituents is 1. The van der Waals surface area contributed by atoms with E-state index in [1.165, 1.54) is 12.1 Å². The number of likely N-dealkylation sites (tertiary alicyclic amines) is 1. The first-order valence-electron chi connectivity index (χ1n) is 6.88. The summed E-state index contributed by atoms with van der Waals surface area (Å²) >= 11 is 0. The molecule has 1 N–H and O–H groups in total. The summed E-state index contributed by atoms with van der Waals surface area (Å²) in [5.74, 6) is -0.768. The first kappa shape index (κ1) is 14.8. The number of carbonyl (C=O) groups is 1. The SMILES string of the molecule is COCCC1CCN(C(=O)c2ccc(O)c(F)c2)CC1. The molecule has 1 aromatic rings. The molecule has 5 heteroatoms. The summed E-state index contributed by atoms with van der Waals surface area (Å²) in [6, 6.07) is 3.76. The minimum absolute atomic E-state index is 0.172. The van der Waals surface area contributed by atoms with Crippen molar-refractivity contribution >= 4 is 5.91 Å². The van der Waals surface area contributed by atoms with Gasteiger partial charge in [0.2, 0.25) is 0 Å². The largest absolute Gasteiger partial charge is 0.505 e. The Balaban J connectivity index is 1.92. The van der Waals surface area contributed by atoms with E-state index in [1.54, 1.807) is 12.0 Å². The van der Waals surface area contributed by atoms with Crippen molar-refractivity contribution < 1.29 is 19.0 Å². The maximum absolute atomic E-state index is 13.3. The van der Waals surface area contributed by atoms with Crippen molar-refractivity contribution in [3.05, 3.63) is 29.6 Å². The minimum Gasteiger partial charge on any atom is -0.505 e. The van der Waals surface area contributed by atoms with E-state index in [4.69, 9.17) is 9.84 Å². The molecular weight excluding hydrogens is 261 g/mol. The molecule has 4 nitrogen and oxygen atoms in total. The zero-order valence-electron chi connectivity index (χ0n) is 11.6. The Bertz CT molecular complexity index is 470. The first-order valence-corrected chi connectivity index (χ1v) is 6.88. The second kappa shape index (κ2) is 6.70. The number of methoxy groups -OCH3 is 1. The standard InChI is InChI=1S/C15H20FNO3/c1-20-9-6-11-4-7-17(8-5-11)15(19)12-2-3-14(18)13(16)10-12/h2-3,10-11,18H,4-9H2,1H3. The second-order valence-corrected chi connectivity index (χ2v) is 5.18. The molecule has 0 aromatic heterocycles. The van der Waals surface area contributed by atoms with Gasteiger partial charge in [-0.05, 0) is 43.4 Å². The number of hydrogen-bond acceptors (Lipinski definition) is 3. The molecule has 0 atom stereocenters. The lowest BCUT2D eigenvalue weighted by molar-refractivity contribution is 0.0669. The summed E-state index contributed by atoms with van der Waals surface area (Å²) in [5.41, 5.74) is 0.288. The maximum atomic E-state index is 13.3. The summed E-state index contributed by atoms with van der Waals surface area (Å²) in [4.78, 5) is 14.0. The van der Waals surface area contributed by atoms with E-state index in [0.717, 1.165) is 31.9 Å². The molecule has 1 heterocycles. The number of amides is 1. The lowest BCUT2D eigenvalue weighted by Gasteiger charge is -2.32. The van der Waals surface area contributed by atoms with Gasteiger partial charge < -0.3 is 14.7 Å². The van der Waals surface area contributed by atoms with Crippen molar-refractivity contribution in [3.8, 4) is 5.75 Å². The number of benzene rings is 1. The van der Waals surface area contributed by atoms with Gasteiger partial charge in [0.1, 0.15) is 0 Å². The topological polar surface area (TPSA) is 49.8 Å². The smallest absolute Gasteiger partial charge is 0.253 e. The predicted octanol–water partition coefficient (Wildman–Crippen LogP) is 2.42. The average Bonchev–Trinajstić information content (AvgIpc) is 2.48. The molecule has 2 rings (SSSR count). The fourth-order valence-corrected chi connectivity index (χ4v) is 2.53. The number of aromatic hydroxyl groups is 1. The Hall–Kier alpha value is -1.62. The molecule has 0 unspecified atom stereocenters. The number of piperidine rings is 1. The third-order valence-electron chi connectivity index (χ3n) is 3.83. The molecule has 0 bridgehead atoms. The minimum atomic E-state index is -0.758. The zero-order chi connectivity index (χ0) is 14.5. The van der Waals surface area contributed by atoms with Gasteiger partial charge in [-0.25, -0.2) is 4.39 Å². The zero-order valence-corrected chi connectivity index (χ0v) is 11.6. The van der Waals surface area contributed by atoms with E-state index >= 15 is 0 Å². The molecule has 1 saturated heterocycles. The number of carbonyl (C=O) groups excluding carboxylic acids is 1. The van der Waals surface area contributed by atoms with E-state index in [-0.39, 0.29) is 11.5 Å². The van der Waals surface area contributed by atoms with Crippen LogP contribution in [-0.4, -0.2) is 42.7 Å². The molecule has 0 aliphatic carbocycles. The quantitative estimate of drug-likeness (QED) is 0.922. The van der Waals surface area contributed by atoms with Crippen LogP contribution in [0.1, 0.15) is 29.6 Å². The highest BCUT2D eigenvalue weighted by Crippen LogP contribution is 2.23. The number of nitrogens with zero attached hydrogens (tertiary/aromatic N) is 1. The fourth-order valence-electron chi connectivity index (χ4n) is 2.53. The van der Waals surface area contributed by atoms with Gasteiger partial charge in [-0.2, -0.15) is 0 Å². The Morgan fingerprint density at radius 3 is 2.75 bits per heavy atom. The van der Waals surface area contributed by atoms with E-state index < -0.39 is 11.6 Å². The van der Waals surface area contributed by atoms with Crippen LogP contribution in [0.2, 0.25) is 0 Å². The van der Waals surface area contributed by atoms with Crippen LogP contribution in [0.5, 0.6) is 5.75 Å². The molecule has 1 aromatic carbocycles. The Morgan fingerprint density at radius 2 is 2.15 bits per heavy atom. The Morgan fingerprint density at radius 1 is 1.45 bits per heavy atom. The van der Waals surface area contributed by atoms with Crippen LogP contribution in [-0.2, 0) is 4.74 Å². The monoisotopic (exact) mass is 281 g/mol. The number of rotatable bonds is 4. The Kier molecular flexibility index (Phi) is 4.95. The lowest BCUT2D eigenvalue weighted by Crippen LogP contribution is -2.38. The van der Waals surface area contributed by atoms with E-state index in [9.17, 15) is 9.18 Å². The van der Waals surface area contributed by atoms with Crippen molar-refractivity contribution in [3.63, 3.8) is 0 Å². The summed E-state index contributed by atoms with van der Waals surface area (Å²) < 4.78 is 18.3.